The fourth-order valence-corrected chi connectivity index (χ4v) is 4.22. The average molecular weight is 491 g/mol. The zero-order valence-electron chi connectivity index (χ0n) is 17.5. The second-order valence-electron chi connectivity index (χ2n) is 7.60. The highest BCUT2D eigenvalue weighted by Crippen LogP contribution is 2.28. The monoisotopic (exact) mass is 490 g/mol. The summed E-state index contributed by atoms with van der Waals surface area (Å²) in [5.74, 6) is -0.650. The van der Waals surface area contributed by atoms with Gasteiger partial charge in [0.15, 0.2) is 0 Å². The number of anilines is 2. The summed E-state index contributed by atoms with van der Waals surface area (Å²) in [5, 5.41) is 8.12. The van der Waals surface area contributed by atoms with Crippen LogP contribution in [0.3, 0.4) is 0 Å². The van der Waals surface area contributed by atoms with Gasteiger partial charge in [-0.15, -0.1) is 0 Å². The molecule has 168 valence electrons. The first-order chi connectivity index (χ1) is 16.4. The molecule has 1 aliphatic heterocycles. The second-order valence-corrected chi connectivity index (χ2v) is 8.45. The van der Waals surface area contributed by atoms with Crippen molar-refractivity contribution in [3.8, 4) is 0 Å². The predicted octanol–water partition coefficient (Wildman–Crippen LogP) is 5.29. The van der Waals surface area contributed by atoms with E-state index in [4.69, 9.17) is 23.2 Å². The minimum Gasteiger partial charge on any atom is -0.307 e. The highest BCUT2D eigenvalue weighted by atomic mass is 35.5. The van der Waals surface area contributed by atoms with Crippen LogP contribution in [0, 0.1) is 0 Å². The lowest BCUT2D eigenvalue weighted by atomic mass is 10.1. The van der Waals surface area contributed by atoms with E-state index in [0.29, 0.717) is 44.8 Å². The number of hydrogen-bond acceptors (Lipinski definition) is 4. The van der Waals surface area contributed by atoms with Gasteiger partial charge in [-0.2, -0.15) is 5.10 Å². The largest absolute Gasteiger partial charge is 0.307 e. The number of carbonyl (C=O) groups is 3. The molecule has 4 aromatic rings. The van der Waals surface area contributed by atoms with E-state index >= 15 is 0 Å². The fourth-order valence-electron chi connectivity index (χ4n) is 3.75. The van der Waals surface area contributed by atoms with Gasteiger partial charge in [0.05, 0.1) is 29.6 Å². The van der Waals surface area contributed by atoms with E-state index in [1.54, 1.807) is 83.7 Å². The molecule has 1 aromatic heterocycles. The summed E-state index contributed by atoms with van der Waals surface area (Å²) in [6, 6.07) is 19.8. The Labute approximate surface area is 204 Å². The van der Waals surface area contributed by atoms with E-state index < -0.39 is 0 Å². The molecule has 0 spiro atoms. The number of aromatic nitrogens is 2. The molecule has 0 saturated carbocycles. The number of nitrogens with one attached hydrogen (secondary N) is 1. The molecule has 0 fully saturated rings. The molecule has 0 aliphatic carbocycles. The van der Waals surface area contributed by atoms with Crippen LogP contribution in [-0.2, 0) is 6.54 Å². The maximum atomic E-state index is 12.8. The van der Waals surface area contributed by atoms with Crippen molar-refractivity contribution in [3.63, 3.8) is 0 Å². The zero-order valence-corrected chi connectivity index (χ0v) is 19.0. The molecule has 0 atom stereocenters. The topological polar surface area (TPSA) is 84.3 Å². The van der Waals surface area contributed by atoms with Crippen LogP contribution in [0.4, 0.5) is 11.5 Å². The zero-order chi connectivity index (χ0) is 23.8. The van der Waals surface area contributed by atoms with Crippen LogP contribution in [0.1, 0.15) is 36.6 Å². The Kier molecular flexibility index (Phi) is 5.65. The molecule has 9 heteroatoms. The minimum absolute atomic E-state index is 0.345. The molecule has 0 unspecified atom stereocenters. The molecular weight excluding hydrogens is 475 g/mol. The minimum atomic E-state index is -0.387. The Morgan fingerprint density at radius 1 is 0.882 bits per heavy atom. The van der Waals surface area contributed by atoms with Crippen LogP contribution < -0.4 is 10.2 Å². The number of hydrogen-bond donors (Lipinski definition) is 1. The van der Waals surface area contributed by atoms with E-state index in [1.807, 2.05) is 0 Å². The van der Waals surface area contributed by atoms with Crippen LogP contribution in [0.5, 0.6) is 0 Å². The standard InChI is InChI=1S/C25H16Cl2N4O3/c26-17-8-5-16(21(27)13-17)14-30-22(11-12-28-30)29-23(32)15-6-9-18(10-7-15)31-24(33)19-3-1-2-4-20(19)25(31)34/h1-13H,14H2,(H,29,32). The third-order valence-electron chi connectivity index (χ3n) is 5.48. The lowest BCUT2D eigenvalue weighted by molar-refractivity contribution is 0.0925. The summed E-state index contributed by atoms with van der Waals surface area (Å²) in [6.07, 6.45) is 1.57. The summed E-state index contributed by atoms with van der Waals surface area (Å²) in [7, 11) is 0. The molecule has 2 heterocycles. The highest BCUT2D eigenvalue weighted by molar-refractivity contribution is 6.35. The number of amides is 3. The molecule has 1 N–H and O–H groups in total. The first-order valence-corrected chi connectivity index (χ1v) is 11.0. The van der Waals surface area contributed by atoms with Crippen molar-refractivity contribution in [2.45, 2.75) is 6.54 Å². The number of fused-ring (bicyclic) bond motifs is 1. The van der Waals surface area contributed by atoms with E-state index in [2.05, 4.69) is 10.4 Å². The smallest absolute Gasteiger partial charge is 0.266 e. The summed E-state index contributed by atoms with van der Waals surface area (Å²) in [6.45, 7) is 0.345. The Morgan fingerprint density at radius 2 is 1.56 bits per heavy atom. The normalized spacial score (nSPS) is 12.7. The van der Waals surface area contributed by atoms with Gasteiger partial charge in [-0.25, -0.2) is 9.58 Å². The fraction of sp³-hybridized carbons (Fsp3) is 0.0400. The first kappa shape index (κ1) is 21.9. The third kappa shape index (κ3) is 3.96. The van der Waals surface area contributed by atoms with Crippen LogP contribution in [0.15, 0.2) is 79.0 Å². The van der Waals surface area contributed by atoms with Crippen molar-refractivity contribution in [1.29, 1.82) is 0 Å². The Hall–Kier alpha value is -3.94. The van der Waals surface area contributed by atoms with Crippen molar-refractivity contribution >= 4 is 52.4 Å². The molecule has 1 aliphatic rings. The summed E-state index contributed by atoms with van der Waals surface area (Å²) < 4.78 is 1.61. The van der Waals surface area contributed by atoms with Crippen molar-refractivity contribution in [1.82, 2.24) is 9.78 Å². The van der Waals surface area contributed by atoms with Crippen LogP contribution in [-0.4, -0.2) is 27.5 Å². The SMILES string of the molecule is O=C(Nc1ccnn1Cc1ccc(Cl)cc1Cl)c1ccc(N2C(=O)c3ccccc3C2=O)cc1. The lowest BCUT2D eigenvalue weighted by Crippen LogP contribution is -2.29. The Bertz CT molecular complexity index is 1410. The molecule has 5 rings (SSSR count). The number of carbonyl (C=O) groups excluding carboxylic acids is 3. The summed E-state index contributed by atoms with van der Waals surface area (Å²) in [5.41, 5.74) is 2.28. The van der Waals surface area contributed by atoms with Gasteiger partial charge in [0.2, 0.25) is 0 Å². The van der Waals surface area contributed by atoms with Gasteiger partial charge >= 0.3 is 0 Å². The second kappa shape index (κ2) is 8.78. The molecule has 0 saturated heterocycles. The van der Waals surface area contributed by atoms with Gasteiger partial charge < -0.3 is 5.32 Å². The summed E-state index contributed by atoms with van der Waals surface area (Å²) >= 11 is 12.2. The predicted molar refractivity (Wildman–Crippen MR) is 130 cm³/mol. The van der Waals surface area contributed by atoms with E-state index in [0.717, 1.165) is 10.5 Å². The van der Waals surface area contributed by atoms with Crippen molar-refractivity contribution in [3.05, 3.63) is 111 Å². The van der Waals surface area contributed by atoms with Gasteiger partial charge in [0, 0.05) is 21.7 Å². The third-order valence-corrected chi connectivity index (χ3v) is 6.06. The lowest BCUT2D eigenvalue weighted by Gasteiger charge is -2.14. The maximum Gasteiger partial charge on any atom is 0.266 e. The Balaban J connectivity index is 1.31. The van der Waals surface area contributed by atoms with Crippen molar-refractivity contribution < 1.29 is 14.4 Å². The number of benzene rings is 3. The van der Waals surface area contributed by atoms with Gasteiger partial charge in [-0.1, -0.05) is 41.4 Å². The van der Waals surface area contributed by atoms with Gasteiger partial charge in [0.25, 0.3) is 17.7 Å². The molecule has 0 radical (unpaired) electrons. The van der Waals surface area contributed by atoms with E-state index in [9.17, 15) is 14.4 Å². The van der Waals surface area contributed by atoms with Gasteiger partial charge in [0.1, 0.15) is 5.82 Å². The number of imide groups is 1. The van der Waals surface area contributed by atoms with Crippen molar-refractivity contribution in [2.75, 3.05) is 10.2 Å². The maximum absolute atomic E-state index is 12.8. The summed E-state index contributed by atoms with van der Waals surface area (Å²) in [4.78, 5) is 39.3. The number of nitrogens with zero attached hydrogens (tertiary/aromatic N) is 3. The van der Waals surface area contributed by atoms with Crippen LogP contribution in [0.2, 0.25) is 10.0 Å². The van der Waals surface area contributed by atoms with Gasteiger partial charge in [-0.3, -0.25) is 14.4 Å². The molecule has 3 amide bonds. The average Bonchev–Trinajstić information content (AvgIpc) is 3.37. The molecule has 3 aromatic carbocycles. The number of rotatable bonds is 5. The van der Waals surface area contributed by atoms with Crippen LogP contribution >= 0.6 is 23.2 Å². The van der Waals surface area contributed by atoms with E-state index in [-0.39, 0.29) is 17.7 Å². The van der Waals surface area contributed by atoms with Crippen LogP contribution in [0.25, 0.3) is 0 Å². The molecular formula is C25H16Cl2N4O3. The quantitative estimate of drug-likeness (QED) is 0.385. The molecule has 0 bridgehead atoms. The first-order valence-electron chi connectivity index (χ1n) is 10.3. The van der Waals surface area contributed by atoms with Gasteiger partial charge in [-0.05, 0) is 54.1 Å². The number of halogens is 2. The Morgan fingerprint density at radius 3 is 2.21 bits per heavy atom. The van der Waals surface area contributed by atoms with E-state index in [1.165, 1.54) is 0 Å². The molecule has 34 heavy (non-hydrogen) atoms. The molecule has 7 nitrogen and oxygen atoms in total. The van der Waals surface area contributed by atoms with Crippen molar-refractivity contribution in [2.24, 2.45) is 0 Å². The highest BCUT2D eigenvalue weighted by Gasteiger charge is 2.36.